The molecule has 1 aromatic heterocycles. The molecule has 104 valence electrons. The van der Waals surface area contributed by atoms with Gasteiger partial charge in [-0.3, -0.25) is 4.99 Å². The lowest BCUT2D eigenvalue weighted by atomic mass is 10.2. The van der Waals surface area contributed by atoms with Gasteiger partial charge >= 0.3 is 0 Å². The van der Waals surface area contributed by atoms with Crippen molar-refractivity contribution in [3.8, 4) is 5.69 Å². The van der Waals surface area contributed by atoms with Crippen LogP contribution >= 0.6 is 11.6 Å². The number of rotatable bonds is 3. The minimum Gasteiger partial charge on any atom is -0.316 e. The van der Waals surface area contributed by atoms with Crippen LogP contribution in [-0.2, 0) is 0 Å². The van der Waals surface area contributed by atoms with E-state index in [2.05, 4.69) is 21.7 Å². The van der Waals surface area contributed by atoms with Gasteiger partial charge in [0.1, 0.15) is 0 Å². The lowest BCUT2D eigenvalue weighted by molar-refractivity contribution is 1.07. The van der Waals surface area contributed by atoms with Crippen LogP contribution in [0.15, 0.2) is 71.9 Å². The minimum absolute atomic E-state index is 0.700. The molecule has 0 fully saturated rings. The summed E-state index contributed by atoms with van der Waals surface area (Å²) in [5.74, 6) is 0. The SMILES string of the molecule is Cc1ccc(Cl)cc1N=Cc1cccn1-c1ccccc1. The normalized spacial score (nSPS) is 11.1. The van der Waals surface area contributed by atoms with Gasteiger partial charge in [-0.25, -0.2) is 0 Å². The fraction of sp³-hybridized carbons (Fsp3) is 0.0556. The summed E-state index contributed by atoms with van der Waals surface area (Å²) in [6, 6.07) is 20.0. The Balaban J connectivity index is 1.94. The zero-order valence-corrected chi connectivity index (χ0v) is 12.5. The number of hydrogen-bond acceptors (Lipinski definition) is 1. The van der Waals surface area contributed by atoms with E-state index in [9.17, 15) is 0 Å². The molecule has 1 heterocycles. The molecule has 0 amide bonds. The van der Waals surface area contributed by atoms with Crippen molar-refractivity contribution in [1.82, 2.24) is 4.57 Å². The summed E-state index contributed by atoms with van der Waals surface area (Å²) >= 11 is 6.03. The second-order valence-corrected chi connectivity index (χ2v) is 5.26. The van der Waals surface area contributed by atoms with Crippen molar-refractivity contribution in [1.29, 1.82) is 0 Å². The highest BCUT2D eigenvalue weighted by Crippen LogP contribution is 2.23. The van der Waals surface area contributed by atoms with Gasteiger partial charge in [-0.15, -0.1) is 0 Å². The van der Waals surface area contributed by atoms with Crippen LogP contribution in [0.2, 0.25) is 5.02 Å². The van der Waals surface area contributed by atoms with Crippen LogP contribution < -0.4 is 0 Å². The average molecular weight is 295 g/mol. The van der Waals surface area contributed by atoms with Gasteiger partial charge in [0.15, 0.2) is 0 Å². The largest absolute Gasteiger partial charge is 0.316 e. The van der Waals surface area contributed by atoms with Crippen LogP contribution in [-0.4, -0.2) is 10.8 Å². The van der Waals surface area contributed by atoms with E-state index in [4.69, 9.17) is 11.6 Å². The van der Waals surface area contributed by atoms with E-state index < -0.39 is 0 Å². The smallest absolute Gasteiger partial charge is 0.0674 e. The minimum atomic E-state index is 0.700. The van der Waals surface area contributed by atoms with Crippen LogP contribution in [0, 0.1) is 6.92 Å². The maximum Gasteiger partial charge on any atom is 0.0674 e. The zero-order chi connectivity index (χ0) is 14.7. The summed E-state index contributed by atoms with van der Waals surface area (Å²) in [5, 5.41) is 0.700. The maximum atomic E-state index is 6.03. The first-order chi connectivity index (χ1) is 10.2. The molecule has 0 N–H and O–H groups in total. The van der Waals surface area contributed by atoms with Crippen molar-refractivity contribution < 1.29 is 0 Å². The third-order valence-corrected chi connectivity index (χ3v) is 3.56. The standard InChI is InChI=1S/C18H15ClN2/c1-14-9-10-15(19)12-18(14)20-13-17-8-5-11-21(17)16-6-3-2-4-7-16/h2-13H,1H3. The maximum absolute atomic E-state index is 6.03. The Kier molecular flexibility index (Phi) is 3.89. The molecule has 0 aliphatic heterocycles. The molecular weight excluding hydrogens is 280 g/mol. The predicted molar refractivity (Wildman–Crippen MR) is 89.2 cm³/mol. The number of para-hydroxylation sites is 1. The molecule has 0 saturated heterocycles. The molecule has 3 rings (SSSR count). The molecule has 2 aromatic carbocycles. The number of halogens is 1. The zero-order valence-electron chi connectivity index (χ0n) is 11.7. The molecule has 0 spiro atoms. The van der Waals surface area contributed by atoms with E-state index >= 15 is 0 Å². The van der Waals surface area contributed by atoms with Gasteiger partial charge in [0, 0.05) is 16.9 Å². The molecule has 2 nitrogen and oxygen atoms in total. The summed E-state index contributed by atoms with van der Waals surface area (Å²) in [5.41, 5.74) is 4.14. The highest BCUT2D eigenvalue weighted by atomic mass is 35.5. The number of benzene rings is 2. The first kappa shape index (κ1) is 13.7. The van der Waals surface area contributed by atoms with Crippen LogP contribution in [0.3, 0.4) is 0 Å². The van der Waals surface area contributed by atoms with E-state index in [0.717, 1.165) is 22.6 Å². The quantitative estimate of drug-likeness (QED) is 0.592. The summed E-state index contributed by atoms with van der Waals surface area (Å²) in [4.78, 5) is 4.56. The van der Waals surface area contributed by atoms with Gasteiger partial charge in [-0.1, -0.05) is 35.9 Å². The Morgan fingerprint density at radius 2 is 1.81 bits per heavy atom. The molecular formula is C18H15ClN2. The van der Waals surface area contributed by atoms with Crippen LogP contribution in [0.25, 0.3) is 5.69 Å². The van der Waals surface area contributed by atoms with Crippen LogP contribution in [0.1, 0.15) is 11.3 Å². The van der Waals surface area contributed by atoms with Crippen molar-refractivity contribution >= 4 is 23.5 Å². The van der Waals surface area contributed by atoms with Crippen molar-refractivity contribution in [3.05, 3.63) is 83.1 Å². The lowest BCUT2D eigenvalue weighted by Gasteiger charge is -2.06. The molecule has 0 atom stereocenters. The van der Waals surface area contributed by atoms with E-state index in [0.29, 0.717) is 5.02 Å². The van der Waals surface area contributed by atoms with Gasteiger partial charge in [0.25, 0.3) is 0 Å². The first-order valence-corrected chi connectivity index (χ1v) is 7.15. The monoisotopic (exact) mass is 294 g/mol. The second kappa shape index (κ2) is 5.98. The fourth-order valence-electron chi connectivity index (χ4n) is 2.18. The predicted octanol–water partition coefficient (Wildman–Crippen LogP) is 5.19. The van der Waals surface area contributed by atoms with E-state index in [-0.39, 0.29) is 0 Å². The van der Waals surface area contributed by atoms with Crippen LogP contribution in [0.5, 0.6) is 0 Å². The molecule has 0 saturated carbocycles. The number of nitrogens with zero attached hydrogens (tertiary/aromatic N) is 2. The third-order valence-electron chi connectivity index (χ3n) is 3.32. The molecule has 21 heavy (non-hydrogen) atoms. The van der Waals surface area contributed by atoms with Gasteiger partial charge < -0.3 is 4.57 Å². The topological polar surface area (TPSA) is 17.3 Å². The number of aryl methyl sites for hydroxylation is 1. The molecule has 0 radical (unpaired) electrons. The Bertz CT molecular complexity index is 773. The molecule has 3 aromatic rings. The summed E-state index contributed by atoms with van der Waals surface area (Å²) in [7, 11) is 0. The summed E-state index contributed by atoms with van der Waals surface area (Å²) < 4.78 is 2.10. The van der Waals surface area contributed by atoms with Gasteiger partial charge in [0.2, 0.25) is 0 Å². The Morgan fingerprint density at radius 1 is 1.00 bits per heavy atom. The molecule has 0 aliphatic rings. The second-order valence-electron chi connectivity index (χ2n) is 4.83. The Labute approximate surface area is 129 Å². The van der Waals surface area contributed by atoms with E-state index in [1.807, 2.05) is 67.9 Å². The number of aliphatic imine (C=N–C) groups is 1. The molecule has 0 unspecified atom stereocenters. The fourth-order valence-corrected chi connectivity index (χ4v) is 2.35. The van der Waals surface area contributed by atoms with Crippen molar-refractivity contribution in [3.63, 3.8) is 0 Å². The number of aromatic nitrogens is 1. The summed E-state index contributed by atoms with van der Waals surface area (Å²) in [6.07, 6.45) is 3.90. The Morgan fingerprint density at radius 3 is 2.62 bits per heavy atom. The molecule has 0 aliphatic carbocycles. The highest BCUT2D eigenvalue weighted by Gasteiger charge is 2.01. The average Bonchev–Trinajstić information content (AvgIpc) is 2.97. The summed E-state index contributed by atoms with van der Waals surface area (Å²) in [6.45, 7) is 2.03. The van der Waals surface area contributed by atoms with Crippen LogP contribution in [0.4, 0.5) is 5.69 Å². The van der Waals surface area contributed by atoms with Gasteiger partial charge in [-0.05, 0) is 48.9 Å². The van der Waals surface area contributed by atoms with Gasteiger partial charge in [-0.2, -0.15) is 0 Å². The third kappa shape index (κ3) is 3.06. The Hall–Kier alpha value is -2.32. The van der Waals surface area contributed by atoms with Crippen molar-refractivity contribution in [2.75, 3.05) is 0 Å². The molecule has 0 bridgehead atoms. The van der Waals surface area contributed by atoms with E-state index in [1.54, 1.807) is 0 Å². The molecule has 3 heteroatoms. The van der Waals surface area contributed by atoms with Crippen molar-refractivity contribution in [2.24, 2.45) is 4.99 Å². The highest BCUT2D eigenvalue weighted by molar-refractivity contribution is 6.30. The number of hydrogen-bond donors (Lipinski definition) is 0. The van der Waals surface area contributed by atoms with E-state index in [1.165, 1.54) is 0 Å². The lowest BCUT2D eigenvalue weighted by Crippen LogP contribution is -1.97. The van der Waals surface area contributed by atoms with Gasteiger partial charge in [0.05, 0.1) is 17.6 Å². The van der Waals surface area contributed by atoms with Crippen molar-refractivity contribution in [2.45, 2.75) is 6.92 Å². The first-order valence-electron chi connectivity index (χ1n) is 6.77.